The molecule has 0 atom stereocenters. The van der Waals surface area contributed by atoms with Crippen LogP contribution in [-0.4, -0.2) is 26.1 Å². The van der Waals surface area contributed by atoms with Crippen molar-refractivity contribution in [2.45, 2.75) is 0 Å². The zero-order valence-corrected chi connectivity index (χ0v) is 10.4. The third-order valence-corrected chi connectivity index (χ3v) is 2.55. The van der Waals surface area contributed by atoms with Crippen LogP contribution >= 0.6 is 0 Å². The van der Waals surface area contributed by atoms with Crippen LogP contribution in [0.3, 0.4) is 0 Å². The number of aromatic nitrogens is 4. The summed E-state index contributed by atoms with van der Waals surface area (Å²) >= 11 is 0. The fourth-order valence-corrected chi connectivity index (χ4v) is 1.62. The predicted octanol–water partition coefficient (Wildman–Crippen LogP) is 2.15. The molecule has 0 unspecified atom stereocenters. The number of rotatable bonds is 3. The largest absolute Gasteiger partial charge is 0.422 e. The molecule has 3 rings (SSSR count). The maximum absolute atomic E-state index is 12.1. The average molecular weight is 266 g/mol. The fraction of sp³-hybridized carbons (Fsp3) is 0. The van der Waals surface area contributed by atoms with E-state index in [1.54, 1.807) is 36.4 Å². The van der Waals surface area contributed by atoms with Crippen molar-refractivity contribution in [2.75, 3.05) is 0 Å². The summed E-state index contributed by atoms with van der Waals surface area (Å²) in [5, 5.41) is 11.3. The molecular formula is C14H10N4O2. The van der Waals surface area contributed by atoms with E-state index in [1.807, 2.05) is 24.3 Å². The monoisotopic (exact) mass is 266 g/mol. The molecule has 3 aromatic rings. The topological polar surface area (TPSA) is 69.9 Å². The van der Waals surface area contributed by atoms with Gasteiger partial charge in [-0.25, -0.2) is 0 Å². The Kier molecular flexibility index (Phi) is 3.20. The molecule has 0 radical (unpaired) electrons. The van der Waals surface area contributed by atoms with Gasteiger partial charge in [-0.3, -0.25) is 4.79 Å². The number of benzene rings is 2. The molecule has 98 valence electrons. The van der Waals surface area contributed by atoms with Crippen LogP contribution < -0.4 is 4.74 Å². The molecule has 0 saturated heterocycles. The normalized spacial score (nSPS) is 10.2. The quantitative estimate of drug-likeness (QED) is 0.726. The van der Waals surface area contributed by atoms with Gasteiger partial charge < -0.3 is 4.74 Å². The molecular weight excluding hydrogens is 256 g/mol. The summed E-state index contributed by atoms with van der Waals surface area (Å²) in [7, 11) is 0. The van der Waals surface area contributed by atoms with Crippen LogP contribution in [0.25, 0.3) is 0 Å². The van der Waals surface area contributed by atoms with Gasteiger partial charge in [0.2, 0.25) is 0 Å². The lowest BCUT2D eigenvalue weighted by molar-refractivity contribution is 0.0924. The second kappa shape index (κ2) is 5.31. The standard InChI is InChI=1S/C14H10N4O2/c19-13(11-7-3-1-4-8-11)18-16-14(15-17-18)20-12-9-5-2-6-10-12/h1-10H. The van der Waals surface area contributed by atoms with Crippen molar-refractivity contribution in [1.29, 1.82) is 0 Å². The number of hydrogen-bond acceptors (Lipinski definition) is 5. The van der Waals surface area contributed by atoms with Crippen molar-refractivity contribution >= 4 is 5.91 Å². The van der Waals surface area contributed by atoms with E-state index < -0.39 is 0 Å². The molecule has 0 saturated carbocycles. The SMILES string of the molecule is O=C(c1ccccc1)n1nnc(Oc2ccccc2)n1. The van der Waals surface area contributed by atoms with E-state index in [9.17, 15) is 4.79 Å². The lowest BCUT2D eigenvalue weighted by atomic mass is 10.2. The van der Waals surface area contributed by atoms with E-state index in [0.29, 0.717) is 11.3 Å². The highest BCUT2D eigenvalue weighted by Gasteiger charge is 2.13. The summed E-state index contributed by atoms with van der Waals surface area (Å²) in [6.07, 6.45) is 0. The summed E-state index contributed by atoms with van der Waals surface area (Å²) in [4.78, 5) is 13.0. The highest BCUT2D eigenvalue weighted by atomic mass is 16.5. The van der Waals surface area contributed by atoms with Crippen LogP contribution in [0.15, 0.2) is 60.7 Å². The average Bonchev–Trinajstić information content (AvgIpc) is 2.97. The van der Waals surface area contributed by atoms with Gasteiger partial charge in [-0.15, -0.1) is 0 Å². The van der Waals surface area contributed by atoms with E-state index in [-0.39, 0.29) is 11.9 Å². The summed E-state index contributed by atoms with van der Waals surface area (Å²) in [5.74, 6) is 0.222. The molecule has 0 amide bonds. The van der Waals surface area contributed by atoms with Crippen LogP contribution in [0.1, 0.15) is 10.4 Å². The Labute approximate surface area is 114 Å². The Morgan fingerprint density at radius 1 is 0.950 bits per heavy atom. The molecule has 0 aliphatic carbocycles. The zero-order chi connectivity index (χ0) is 13.8. The Hall–Kier alpha value is -3.02. The Bertz CT molecular complexity index is 710. The number of hydrogen-bond donors (Lipinski definition) is 0. The molecule has 2 aromatic carbocycles. The van der Waals surface area contributed by atoms with Gasteiger partial charge in [-0.05, 0) is 29.5 Å². The summed E-state index contributed by atoms with van der Waals surface area (Å²) in [5.41, 5.74) is 0.483. The molecule has 1 aromatic heterocycles. The first-order valence-electron chi connectivity index (χ1n) is 5.95. The van der Waals surface area contributed by atoms with Crippen molar-refractivity contribution in [1.82, 2.24) is 20.2 Å². The minimum absolute atomic E-state index is 0.0282. The smallest absolute Gasteiger partial charge is 0.362 e. The molecule has 0 aliphatic rings. The number of nitrogens with zero attached hydrogens (tertiary/aromatic N) is 4. The number of ether oxygens (including phenoxy) is 1. The van der Waals surface area contributed by atoms with E-state index >= 15 is 0 Å². The van der Waals surface area contributed by atoms with Gasteiger partial charge in [-0.1, -0.05) is 51.4 Å². The van der Waals surface area contributed by atoms with E-state index in [0.717, 1.165) is 4.80 Å². The first kappa shape index (κ1) is 12.0. The van der Waals surface area contributed by atoms with Gasteiger partial charge in [0.1, 0.15) is 5.75 Å². The summed E-state index contributed by atoms with van der Waals surface area (Å²) < 4.78 is 5.39. The van der Waals surface area contributed by atoms with Crippen LogP contribution in [0.4, 0.5) is 0 Å². The van der Waals surface area contributed by atoms with Crippen LogP contribution in [0.5, 0.6) is 11.8 Å². The Morgan fingerprint density at radius 2 is 1.60 bits per heavy atom. The molecule has 0 fully saturated rings. The van der Waals surface area contributed by atoms with Crippen molar-refractivity contribution in [3.05, 3.63) is 66.2 Å². The molecule has 0 spiro atoms. The first-order chi connectivity index (χ1) is 9.83. The number of carbonyl (C=O) groups excluding carboxylic acids is 1. The summed E-state index contributed by atoms with van der Waals surface area (Å²) in [6, 6.07) is 17.8. The number of carbonyl (C=O) groups is 1. The highest BCUT2D eigenvalue weighted by molar-refractivity contribution is 5.94. The van der Waals surface area contributed by atoms with Crippen molar-refractivity contribution < 1.29 is 9.53 Å². The van der Waals surface area contributed by atoms with Gasteiger partial charge in [0.05, 0.1) is 0 Å². The molecule has 0 bridgehead atoms. The third kappa shape index (κ3) is 2.54. The minimum atomic E-state index is -0.360. The highest BCUT2D eigenvalue weighted by Crippen LogP contribution is 2.15. The lowest BCUT2D eigenvalue weighted by Crippen LogP contribution is -2.15. The Morgan fingerprint density at radius 3 is 2.30 bits per heavy atom. The first-order valence-corrected chi connectivity index (χ1v) is 5.95. The van der Waals surface area contributed by atoms with E-state index in [2.05, 4.69) is 15.4 Å². The maximum Gasteiger partial charge on any atom is 0.362 e. The predicted molar refractivity (Wildman–Crippen MR) is 70.5 cm³/mol. The third-order valence-electron chi connectivity index (χ3n) is 2.55. The molecule has 0 aliphatic heterocycles. The second-order valence-corrected chi connectivity index (χ2v) is 3.95. The Balaban J connectivity index is 1.79. The van der Waals surface area contributed by atoms with Crippen molar-refractivity contribution in [2.24, 2.45) is 0 Å². The molecule has 20 heavy (non-hydrogen) atoms. The van der Waals surface area contributed by atoms with Crippen molar-refractivity contribution in [3.8, 4) is 11.8 Å². The maximum atomic E-state index is 12.1. The van der Waals surface area contributed by atoms with Crippen LogP contribution in [0.2, 0.25) is 0 Å². The van der Waals surface area contributed by atoms with Gasteiger partial charge in [0, 0.05) is 5.56 Å². The fourth-order valence-electron chi connectivity index (χ4n) is 1.62. The zero-order valence-electron chi connectivity index (χ0n) is 10.4. The van der Waals surface area contributed by atoms with Gasteiger partial charge in [-0.2, -0.15) is 0 Å². The lowest BCUT2D eigenvalue weighted by Gasteiger charge is -1.98. The number of tetrazole rings is 1. The van der Waals surface area contributed by atoms with Crippen LogP contribution in [0, 0.1) is 0 Å². The van der Waals surface area contributed by atoms with Gasteiger partial charge in [0.15, 0.2) is 0 Å². The van der Waals surface area contributed by atoms with Crippen molar-refractivity contribution in [3.63, 3.8) is 0 Å². The molecule has 6 nitrogen and oxygen atoms in total. The van der Waals surface area contributed by atoms with E-state index in [1.165, 1.54) is 0 Å². The molecule has 0 N–H and O–H groups in total. The van der Waals surface area contributed by atoms with E-state index in [4.69, 9.17) is 4.74 Å². The molecule has 6 heteroatoms. The summed E-state index contributed by atoms with van der Waals surface area (Å²) in [6.45, 7) is 0. The minimum Gasteiger partial charge on any atom is -0.422 e. The van der Waals surface area contributed by atoms with Gasteiger partial charge in [0.25, 0.3) is 5.91 Å². The number of para-hydroxylation sites is 1. The van der Waals surface area contributed by atoms with Crippen LogP contribution in [-0.2, 0) is 0 Å². The second-order valence-electron chi connectivity index (χ2n) is 3.95. The molecule has 1 heterocycles. The van der Waals surface area contributed by atoms with Gasteiger partial charge >= 0.3 is 6.01 Å².